The number of rotatable bonds is 7. The maximum Gasteiger partial charge on any atom is 0.328 e. The largest absolute Gasteiger partial charge is 0.478 e. The van der Waals surface area contributed by atoms with Crippen molar-refractivity contribution >= 4 is 23.8 Å². The van der Waals surface area contributed by atoms with Crippen LogP contribution in [-0.4, -0.2) is 61.1 Å². The van der Waals surface area contributed by atoms with E-state index in [1.54, 1.807) is 59.4 Å². The van der Waals surface area contributed by atoms with Crippen molar-refractivity contribution in [3.05, 3.63) is 89.0 Å². The summed E-state index contributed by atoms with van der Waals surface area (Å²) in [5.41, 5.74) is 1.99. The van der Waals surface area contributed by atoms with Crippen LogP contribution < -0.4 is 5.32 Å². The number of hydrogen-bond acceptors (Lipinski definition) is 5. The van der Waals surface area contributed by atoms with Gasteiger partial charge in [-0.3, -0.25) is 19.2 Å². The van der Waals surface area contributed by atoms with E-state index in [2.05, 4.69) is 10.4 Å². The predicted octanol–water partition coefficient (Wildman–Crippen LogP) is 4.37. The molecular formula is C32H31F2N5O5. The predicted molar refractivity (Wildman–Crippen MR) is 154 cm³/mol. The second-order valence-corrected chi connectivity index (χ2v) is 11.6. The minimum Gasteiger partial charge on any atom is -0.478 e. The van der Waals surface area contributed by atoms with Crippen molar-refractivity contribution in [2.45, 2.75) is 56.4 Å². The average Bonchev–Trinajstić information content (AvgIpc) is 3.62. The number of nitrogens with one attached hydrogen (secondary N) is 1. The zero-order valence-electron chi connectivity index (χ0n) is 24.0. The first-order valence-electron chi connectivity index (χ1n) is 14.4. The van der Waals surface area contributed by atoms with Crippen LogP contribution in [-0.2, 0) is 33.5 Å². The Morgan fingerprint density at radius 3 is 2.52 bits per heavy atom. The van der Waals surface area contributed by atoms with Crippen LogP contribution >= 0.6 is 0 Å². The van der Waals surface area contributed by atoms with E-state index in [-0.39, 0.29) is 19.0 Å². The molecule has 1 aromatic heterocycles. The second-order valence-electron chi connectivity index (χ2n) is 11.6. The molecule has 1 saturated heterocycles. The molecule has 3 aromatic rings. The Labute approximate surface area is 251 Å². The molecule has 2 aliphatic carbocycles. The minimum atomic E-state index is -1.62. The van der Waals surface area contributed by atoms with Crippen LogP contribution in [0.1, 0.15) is 55.0 Å². The molecule has 6 rings (SSSR count). The summed E-state index contributed by atoms with van der Waals surface area (Å²) >= 11 is 0. The smallest absolute Gasteiger partial charge is 0.328 e. The van der Waals surface area contributed by atoms with Crippen LogP contribution in [0.25, 0.3) is 11.1 Å². The summed E-state index contributed by atoms with van der Waals surface area (Å²) in [4.78, 5) is 54.4. The molecule has 228 valence electrons. The van der Waals surface area contributed by atoms with Crippen LogP contribution in [0.15, 0.2) is 66.5 Å². The van der Waals surface area contributed by atoms with E-state index in [9.17, 15) is 23.6 Å². The van der Waals surface area contributed by atoms with Crippen molar-refractivity contribution in [2.24, 2.45) is 7.05 Å². The Balaban J connectivity index is 1.24. The van der Waals surface area contributed by atoms with Crippen molar-refractivity contribution < 1.29 is 33.1 Å². The fourth-order valence-corrected chi connectivity index (χ4v) is 6.58. The molecule has 2 heterocycles. The molecule has 44 heavy (non-hydrogen) atoms. The van der Waals surface area contributed by atoms with E-state index in [4.69, 9.17) is 5.11 Å². The van der Waals surface area contributed by atoms with Gasteiger partial charge in [-0.05, 0) is 66.1 Å². The first-order valence-corrected chi connectivity index (χ1v) is 14.4. The summed E-state index contributed by atoms with van der Waals surface area (Å²) in [6.45, 7) is -0.439. The number of amides is 4. The summed E-state index contributed by atoms with van der Waals surface area (Å²) in [7, 11) is 1.77. The monoisotopic (exact) mass is 603 g/mol. The van der Waals surface area contributed by atoms with Gasteiger partial charge in [0.05, 0.1) is 6.20 Å². The van der Waals surface area contributed by atoms with Gasteiger partial charge in [0, 0.05) is 43.9 Å². The highest BCUT2D eigenvalue weighted by molar-refractivity contribution is 6.10. The topological polar surface area (TPSA) is 125 Å². The number of benzene rings is 2. The normalized spacial score (nSPS) is 22.7. The Morgan fingerprint density at radius 1 is 1.14 bits per heavy atom. The zero-order chi connectivity index (χ0) is 31.2. The molecule has 1 aliphatic heterocycles. The van der Waals surface area contributed by atoms with E-state index in [0.717, 1.165) is 21.6 Å². The number of fused-ring (bicyclic) bond motifs is 2. The average molecular weight is 604 g/mol. The standard InChI is InChI=1S/C32H31F2N5O5/c1-37-17-22(15-35-37)21-6-11-26-25(13-21)27(34)14-32(26)30(43)39(31(44)36-32)18-28(40)38(16-20-2-7-23(33)8-3-20)24-9-4-19(5-10-24)12-29(41)42/h2-3,6-8,11-13,15,17,24,27H,4-5,9-10,14,16,18H2,1H3,(H,36,44)(H,41,42)/t24?,27-,32+/m1/s1. The van der Waals surface area contributed by atoms with Crippen LogP contribution in [0.2, 0.25) is 0 Å². The number of halogens is 2. The number of carbonyl (C=O) groups is 4. The van der Waals surface area contributed by atoms with Gasteiger partial charge in [-0.2, -0.15) is 5.10 Å². The van der Waals surface area contributed by atoms with Crippen molar-refractivity contribution in [2.75, 3.05) is 6.54 Å². The highest BCUT2D eigenvalue weighted by atomic mass is 19.1. The van der Waals surface area contributed by atoms with Crippen molar-refractivity contribution in [1.82, 2.24) is 24.9 Å². The van der Waals surface area contributed by atoms with Crippen LogP contribution in [0.4, 0.5) is 13.6 Å². The van der Waals surface area contributed by atoms with E-state index in [0.29, 0.717) is 42.4 Å². The zero-order valence-corrected chi connectivity index (χ0v) is 24.0. The van der Waals surface area contributed by atoms with Crippen molar-refractivity contribution in [3.8, 4) is 11.1 Å². The van der Waals surface area contributed by atoms with Gasteiger partial charge in [-0.1, -0.05) is 29.8 Å². The minimum absolute atomic E-state index is 0.114. The summed E-state index contributed by atoms with van der Waals surface area (Å²) in [5.74, 6) is -2.63. The molecule has 3 aliphatic rings. The third-order valence-corrected chi connectivity index (χ3v) is 8.79. The number of carboxylic acid groups (broad SMARTS) is 1. The molecule has 1 spiro atoms. The number of hydrogen-bond donors (Lipinski definition) is 2. The fourth-order valence-electron chi connectivity index (χ4n) is 6.58. The third kappa shape index (κ3) is 5.36. The lowest BCUT2D eigenvalue weighted by Crippen LogP contribution is -2.48. The number of alkyl halides is 1. The highest BCUT2D eigenvalue weighted by Crippen LogP contribution is 2.49. The number of carbonyl (C=O) groups excluding carboxylic acids is 3. The summed E-state index contributed by atoms with van der Waals surface area (Å²) in [5, 5.41) is 16.0. The van der Waals surface area contributed by atoms with Gasteiger partial charge in [-0.25, -0.2) is 18.4 Å². The number of aryl methyl sites for hydroxylation is 1. The van der Waals surface area contributed by atoms with E-state index >= 15 is 4.39 Å². The molecule has 0 radical (unpaired) electrons. The molecule has 0 unspecified atom stereocenters. The number of aliphatic carboxylic acids is 1. The molecule has 1 saturated carbocycles. The van der Waals surface area contributed by atoms with Gasteiger partial charge in [0.2, 0.25) is 5.91 Å². The molecule has 0 bridgehead atoms. The molecule has 4 amide bonds. The number of carboxylic acids is 1. The first-order chi connectivity index (χ1) is 21.0. The number of aromatic nitrogens is 2. The molecule has 2 aromatic carbocycles. The van der Waals surface area contributed by atoms with Crippen molar-refractivity contribution in [3.63, 3.8) is 0 Å². The van der Waals surface area contributed by atoms with E-state index in [1.165, 1.54) is 18.2 Å². The highest BCUT2D eigenvalue weighted by Gasteiger charge is 2.58. The molecular weight excluding hydrogens is 572 g/mol. The summed E-state index contributed by atoms with van der Waals surface area (Å²) < 4.78 is 30.7. The Bertz CT molecular complexity index is 1680. The summed E-state index contributed by atoms with van der Waals surface area (Å²) in [6.07, 6.45) is 4.79. The Kier molecular flexibility index (Phi) is 7.52. The van der Waals surface area contributed by atoms with Crippen molar-refractivity contribution in [1.29, 1.82) is 0 Å². The maximum absolute atomic E-state index is 15.5. The number of allylic oxidation sites excluding steroid dienone is 1. The molecule has 2 fully saturated rings. The van der Waals surface area contributed by atoms with Crippen LogP contribution in [0.3, 0.4) is 0 Å². The van der Waals surface area contributed by atoms with Gasteiger partial charge < -0.3 is 15.3 Å². The van der Waals surface area contributed by atoms with Gasteiger partial charge >= 0.3 is 12.0 Å². The van der Waals surface area contributed by atoms with Gasteiger partial charge in [0.1, 0.15) is 24.1 Å². The van der Waals surface area contributed by atoms with E-state index in [1.807, 2.05) is 0 Å². The van der Waals surface area contributed by atoms with E-state index < -0.39 is 47.9 Å². The Morgan fingerprint density at radius 2 is 1.86 bits per heavy atom. The van der Waals surface area contributed by atoms with Gasteiger partial charge in [-0.15, -0.1) is 0 Å². The summed E-state index contributed by atoms with van der Waals surface area (Å²) in [6, 6.07) is 9.70. The van der Waals surface area contributed by atoms with Gasteiger partial charge in [0.25, 0.3) is 5.91 Å². The number of imide groups is 1. The number of nitrogens with zero attached hydrogens (tertiary/aromatic N) is 4. The lowest BCUT2D eigenvalue weighted by atomic mass is 9.89. The third-order valence-electron chi connectivity index (χ3n) is 8.79. The number of urea groups is 1. The lowest BCUT2D eigenvalue weighted by molar-refractivity contribution is -0.141. The molecule has 2 atom stereocenters. The quantitative estimate of drug-likeness (QED) is 0.305. The lowest BCUT2D eigenvalue weighted by Gasteiger charge is -2.36. The molecule has 12 heteroatoms. The first kappa shape index (κ1) is 29.2. The van der Waals surface area contributed by atoms with Crippen LogP contribution in [0.5, 0.6) is 0 Å². The maximum atomic E-state index is 15.5. The molecule has 10 nitrogen and oxygen atoms in total. The molecule has 2 N–H and O–H groups in total. The fraction of sp³-hybridized carbons (Fsp3) is 0.344. The SMILES string of the molecule is Cn1cc(-c2ccc3c(c2)[C@H](F)C[C@]32NC(=O)N(CC(=O)N(Cc3ccc(F)cc3)C3CCC(=CC(=O)O)CC3)C2=O)cn1. The second kappa shape index (κ2) is 11.3. The van der Waals surface area contributed by atoms with Crippen LogP contribution in [0, 0.1) is 5.82 Å². The Hall–Kier alpha value is -4.87. The van der Waals surface area contributed by atoms with Gasteiger partial charge in [0.15, 0.2) is 0 Å².